The lowest BCUT2D eigenvalue weighted by atomic mass is 10.0. The zero-order valence-corrected chi connectivity index (χ0v) is 21.5. The van der Waals surface area contributed by atoms with Gasteiger partial charge in [-0.25, -0.2) is 0 Å². The van der Waals surface area contributed by atoms with E-state index in [4.69, 9.17) is 25.5 Å². The molecule has 5 rings (SSSR count). The van der Waals surface area contributed by atoms with Crippen LogP contribution >= 0.6 is 11.6 Å². The molecule has 1 N–H and O–H groups in total. The summed E-state index contributed by atoms with van der Waals surface area (Å²) < 4.78 is 16.9. The van der Waals surface area contributed by atoms with Crippen LogP contribution < -0.4 is 20.2 Å². The molecular weight excluding hydrogens is 518 g/mol. The third-order valence-electron chi connectivity index (χ3n) is 5.84. The molecule has 8 heteroatoms. The van der Waals surface area contributed by atoms with Crippen LogP contribution in [0.3, 0.4) is 0 Å². The zero-order valence-electron chi connectivity index (χ0n) is 20.8. The highest BCUT2D eigenvalue weighted by molar-refractivity contribution is 6.31. The predicted octanol–water partition coefficient (Wildman–Crippen LogP) is 6.80. The van der Waals surface area contributed by atoms with Crippen LogP contribution in [0.15, 0.2) is 106 Å². The Morgan fingerprint density at radius 1 is 0.897 bits per heavy atom. The lowest BCUT2D eigenvalue weighted by molar-refractivity contribution is -0.118. The fourth-order valence-corrected chi connectivity index (χ4v) is 4.12. The van der Waals surface area contributed by atoms with Crippen molar-refractivity contribution in [2.24, 2.45) is 0 Å². The van der Waals surface area contributed by atoms with Crippen molar-refractivity contribution in [3.63, 3.8) is 0 Å². The molecule has 0 fully saturated rings. The molecule has 39 heavy (non-hydrogen) atoms. The fourth-order valence-electron chi connectivity index (χ4n) is 3.95. The molecular formula is C31H22ClNO6. The summed E-state index contributed by atoms with van der Waals surface area (Å²) in [6, 6.07) is 25.3. The smallest absolute Gasteiger partial charge is 0.262 e. The first-order valence-corrected chi connectivity index (χ1v) is 12.4. The predicted molar refractivity (Wildman–Crippen MR) is 149 cm³/mol. The van der Waals surface area contributed by atoms with Crippen molar-refractivity contribution in [1.82, 2.24) is 0 Å². The topological polar surface area (TPSA) is 94.8 Å². The fraction of sp³-hybridized carbons (Fsp3) is 0.0645. The van der Waals surface area contributed by atoms with Crippen LogP contribution in [-0.4, -0.2) is 18.3 Å². The van der Waals surface area contributed by atoms with Gasteiger partial charge in [-0.05, 0) is 55.0 Å². The number of aryl methyl sites for hydroxylation is 1. The third-order valence-corrected chi connectivity index (χ3v) is 6.07. The number of rotatable bonds is 8. The second kappa shape index (κ2) is 11.2. The molecule has 194 valence electrons. The highest BCUT2D eigenvalue weighted by atomic mass is 35.5. The van der Waals surface area contributed by atoms with E-state index in [1.807, 2.05) is 31.2 Å². The Morgan fingerprint density at radius 3 is 2.51 bits per heavy atom. The molecule has 5 aromatic rings. The van der Waals surface area contributed by atoms with Crippen molar-refractivity contribution in [2.45, 2.75) is 6.92 Å². The Labute approximate surface area is 228 Å². The Kier molecular flexibility index (Phi) is 7.43. The number of halogens is 1. The number of anilines is 1. The summed E-state index contributed by atoms with van der Waals surface area (Å²) in [5.41, 5.74) is 1.99. The minimum atomic E-state index is -0.483. The minimum absolute atomic E-state index is 0.0602. The molecule has 0 saturated carbocycles. The molecule has 0 aliphatic rings. The van der Waals surface area contributed by atoms with Crippen LogP contribution in [-0.2, 0) is 4.79 Å². The first-order chi connectivity index (χ1) is 18.9. The van der Waals surface area contributed by atoms with E-state index in [1.54, 1.807) is 54.6 Å². The highest BCUT2D eigenvalue weighted by Gasteiger charge is 2.17. The van der Waals surface area contributed by atoms with E-state index in [2.05, 4.69) is 5.32 Å². The van der Waals surface area contributed by atoms with E-state index in [1.165, 1.54) is 18.4 Å². The second-order valence-electron chi connectivity index (χ2n) is 8.73. The molecule has 1 aromatic heterocycles. The van der Waals surface area contributed by atoms with Gasteiger partial charge in [-0.3, -0.25) is 14.4 Å². The number of amides is 1. The molecule has 7 nitrogen and oxygen atoms in total. The normalized spacial score (nSPS) is 10.7. The van der Waals surface area contributed by atoms with E-state index in [-0.39, 0.29) is 34.7 Å². The number of ether oxygens (including phenoxy) is 2. The molecule has 0 unspecified atom stereocenters. The van der Waals surface area contributed by atoms with Crippen LogP contribution in [0.4, 0.5) is 5.69 Å². The number of benzene rings is 4. The summed E-state index contributed by atoms with van der Waals surface area (Å²) in [4.78, 5) is 38.5. The van der Waals surface area contributed by atoms with Crippen LogP contribution in [0.2, 0.25) is 5.02 Å². The maximum absolute atomic E-state index is 13.0. The number of carbonyl (C=O) groups excluding carboxylic acids is 2. The van der Waals surface area contributed by atoms with E-state index in [0.29, 0.717) is 33.2 Å². The summed E-state index contributed by atoms with van der Waals surface area (Å²) in [6.07, 6.45) is 1.25. The second-order valence-corrected chi connectivity index (χ2v) is 9.16. The van der Waals surface area contributed by atoms with Crippen molar-refractivity contribution < 1.29 is 23.5 Å². The van der Waals surface area contributed by atoms with Crippen molar-refractivity contribution in [3.8, 4) is 17.2 Å². The van der Waals surface area contributed by atoms with Gasteiger partial charge in [0.1, 0.15) is 23.3 Å². The lowest BCUT2D eigenvalue weighted by Gasteiger charge is -2.12. The quantitative estimate of drug-likeness (QED) is 0.218. The average Bonchev–Trinajstić information content (AvgIpc) is 2.94. The molecule has 1 heterocycles. The summed E-state index contributed by atoms with van der Waals surface area (Å²) in [5.74, 6) is 0.157. The van der Waals surface area contributed by atoms with Gasteiger partial charge in [-0.1, -0.05) is 54.1 Å². The van der Waals surface area contributed by atoms with Gasteiger partial charge in [0.15, 0.2) is 12.4 Å². The van der Waals surface area contributed by atoms with Gasteiger partial charge in [0.05, 0.1) is 11.1 Å². The largest absolute Gasteiger partial charge is 0.484 e. The lowest BCUT2D eigenvalue weighted by Crippen LogP contribution is -2.21. The Bertz CT molecular complexity index is 1750. The molecule has 0 bridgehead atoms. The highest BCUT2D eigenvalue weighted by Crippen LogP contribution is 2.26. The zero-order chi connectivity index (χ0) is 27.4. The number of nitrogens with one attached hydrogen (secondary N) is 1. The van der Waals surface area contributed by atoms with Gasteiger partial charge in [0.25, 0.3) is 5.91 Å². The summed E-state index contributed by atoms with van der Waals surface area (Å²) >= 11 is 6.11. The van der Waals surface area contributed by atoms with Crippen molar-refractivity contribution in [3.05, 3.63) is 129 Å². The van der Waals surface area contributed by atoms with E-state index in [0.717, 1.165) is 5.56 Å². The molecule has 1 amide bonds. The van der Waals surface area contributed by atoms with Crippen molar-refractivity contribution in [2.75, 3.05) is 11.9 Å². The standard InChI is InChI=1S/C31H22ClNO6/c1-19-6-5-9-23(14-19)39-28-17-38-27-16-22(11-12-24(27)31(28)36)37-18-29(34)33-26-13-10-21(32)15-25(26)30(35)20-7-3-2-4-8-20/h2-17H,18H2,1H3,(H,33,34). The molecule has 0 aliphatic heterocycles. The SMILES string of the molecule is Cc1cccc(Oc2coc3cc(OCC(=O)Nc4ccc(Cl)cc4C(=O)c4ccccc4)ccc3c2=O)c1. The summed E-state index contributed by atoms with van der Waals surface area (Å²) in [5, 5.41) is 3.38. The minimum Gasteiger partial charge on any atom is -0.484 e. The molecule has 4 aromatic carbocycles. The van der Waals surface area contributed by atoms with Crippen LogP contribution in [0.1, 0.15) is 21.5 Å². The molecule has 0 aliphatic carbocycles. The number of fused-ring (bicyclic) bond motifs is 1. The van der Waals surface area contributed by atoms with E-state index in [9.17, 15) is 14.4 Å². The number of hydrogen-bond acceptors (Lipinski definition) is 6. The van der Waals surface area contributed by atoms with Gasteiger partial charge in [0, 0.05) is 22.2 Å². The van der Waals surface area contributed by atoms with E-state index >= 15 is 0 Å². The summed E-state index contributed by atoms with van der Waals surface area (Å²) in [6.45, 7) is 1.59. The van der Waals surface area contributed by atoms with Crippen LogP contribution in [0.5, 0.6) is 17.2 Å². The Hall–Kier alpha value is -4.88. The van der Waals surface area contributed by atoms with Gasteiger partial charge >= 0.3 is 0 Å². The molecule has 0 atom stereocenters. The Balaban J connectivity index is 1.28. The van der Waals surface area contributed by atoms with Crippen LogP contribution in [0, 0.1) is 6.92 Å². The number of hydrogen-bond donors (Lipinski definition) is 1. The first kappa shape index (κ1) is 25.8. The van der Waals surface area contributed by atoms with Gasteiger partial charge in [-0.2, -0.15) is 0 Å². The average molecular weight is 540 g/mol. The number of ketones is 1. The molecule has 0 saturated heterocycles. The van der Waals surface area contributed by atoms with Gasteiger partial charge < -0.3 is 19.2 Å². The number of carbonyl (C=O) groups is 2. The molecule has 0 radical (unpaired) electrons. The first-order valence-electron chi connectivity index (χ1n) is 12.0. The van der Waals surface area contributed by atoms with Crippen LogP contribution in [0.25, 0.3) is 11.0 Å². The monoisotopic (exact) mass is 539 g/mol. The summed E-state index contributed by atoms with van der Waals surface area (Å²) in [7, 11) is 0. The molecule has 0 spiro atoms. The maximum Gasteiger partial charge on any atom is 0.262 e. The maximum atomic E-state index is 13.0. The van der Waals surface area contributed by atoms with Crippen molar-refractivity contribution >= 4 is 39.9 Å². The third kappa shape index (κ3) is 6.00. The Morgan fingerprint density at radius 2 is 1.72 bits per heavy atom. The van der Waals surface area contributed by atoms with Crippen molar-refractivity contribution in [1.29, 1.82) is 0 Å². The van der Waals surface area contributed by atoms with Gasteiger partial charge in [0.2, 0.25) is 11.2 Å². The van der Waals surface area contributed by atoms with Gasteiger partial charge in [-0.15, -0.1) is 0 Å². The van der Waals surface area contributed by atoms with E-state index < -0.39 is 5.91 Å².